The molecular formula is C12H17FN2. The lowest BCUT2D eigenvalue weighted by molar-refractivity contribution is 0.246. The van der Waals surface area contributed by atoms with E-state index in [4.69, 9.17) is 5.73 Å². The van der Waals surface area contributed by atoms with Gasteiger partial charge in [-0.2, -0.15) is 0 Å². The lowest BCUT2D eigenvalue weighted by atomic mass is 10.1. The van der Waals surface area contributed by atoms with Gasteiger partial charge in [-0.1, -0.05) is 18.2 Å². The second kappa shape index (κ2) is 4.73. The predicted octanol–water partition coefficient (Wildman–Crippen LogP) is 1.92. The Balaban J connectivity index is 2.22. The topological polar surface area (TPSA) is 29.3 Å². The van der Waals surface area contributed by atoms with E-state index in [1.54, 1.807) is 6.07 Å². The monoisotopic (exact) mass is 208 g/mol. The summed E-state index contributed by atoms with van der Waals surface area (Å²) >= 11 is 0. The van der Waals surface area contributed by atoms with Crippen molar-refractivity contribution >= 4 is 0 Å². The number of likely N-dealkylation sites (tertiary alicyclic amines) is 1. The quantitative estimate of drug-likeness (QED) is 0.822. The summed E-state index contributed by atoms with van der Waals surface area (Å²) in [6.07, 6.45) is 2.40. The molecule has 0 spiro atoms. The Morgan fingerprint density at radius 3 is 2.53 bits per heavy atom. The Labute approximate surface area is 89.9 Å². The van der Waals surface area contributed by atoms with Crippen molar-refractivity contribution in [2.45, 2.75) is 18.9 Å². The minimum atomic E-state index is -0.139. The molecule has 1 aliphatic rings. The minimum absolute atomic E-state index is 0.0497. The van der Waals surface area contributed by atoms with E-state index in [-0.39, 0.29) is 11.9 Å². The van der Waals surface area contributed by atoms with Crippen molar-refractivity contribution in [1.82, 2.24) is 4.90 Å². The Morgan fingerprint density at radius 2 is 1.93 bits per heavy atom. The Morgan fingerprint density at radius 1 is 1.27 bits per heavy atom. The maximum Gasteiger partial charge on any atom is 0.128 e. The smallest absolute Gasteiger partial charge is 0.128 e. The minimum Gasteiger partial charge on any atom is -0.329 e. The summed E-state index contributed by atoms with van der Waals surface area (Å²) in [6, 6.07) is 6.99. The van der Waals surface area contributed by atoms with Gasteiger partial charge in [-0.3, -0.25) is 4.90 Å². The summed E-state index contributed by atoms with van der Waals surface area (Å²) in [5.41, 5.74) is 6.48. The van der Waals surface area contributed by atoms with E-state index in [1.807, 2.05) is 12.1 Å². The molecule has 82 valence electrons. The largest absolute Gasteiger partial charge is 0.329 e. The molecule has 0 bridgehead atoms. The molecule has 1 aromatic rings. The van der Waals surface area contributed by atoms with E-state index in [2.05, 4.69) is 4.90 Å². The molecule has 1 heterocycles. The van der Waals surface area contributed by atoms with E-state index in [0.29, 0.717) is 6.54 Å². The average molecular weight is 208 g/mol. The number of halogens is 1. The summed E-state index contributed by atoms with van der Waals surface area (Å²) in [5.74, 6) is -0.139. The van der Waals surface area contributed by atoms with E-state index < -0.39 is 0 Å². The van der Waals surface area contributed by atoms with Gasteiger partial charge in [-0.25, -0.2) is 4.39 Å². The number of nitrogens with zero attached hydrogens (tertiary/aromatic N) is 1. The van der Waals surface area contributed by atoms with Gasteiger partial charge in [0.2, 0.25) is 0 Å². The fourth-order valence-corrected chi connectivity index (χ4v) is 2.27. The van der Waals surface area contributed by atoms with E-state index in [1.165, 1.54) is 18.9 Å². The normalized spacial score (nSPS) is 19.3. The van der Waals surface area contributed by atoms with Crippen LogP contribution in [-0.4, -0.2) is 24.5 Å². The second-order valence-corrected chi connectivity index (χ2v) is 4.02. The van der Waals surface area contributed by atoms with Gasteiger partial charge in [0.25, 0.3) is 0 Å². The summed E-state index contributed by atoms with van der Waals surface area (Å²) < 4.78 is 13.6. The lowest BCUT2D eigenvalue weighted by Gasteiger charge is -2.26. The molecule has 0 aromatic heterocycles. The van der Waals surface area contributed by atoms with Gasteiger partial charge in [0, 0.05) is 18.2 Å². The van der Waals surface area contributed by atoms with Crippen LogP contribution < -0.4 is 5.73 Å². The van der Waals surface area contributed by atoms with E-state index >= 15 is 0 Å². The summed E-state index contributed by atoms with van der Waals surface area (Å²) in [7, 11) is 0. The molecule has 2 nitrogen and oxygen atoms in total. The van der Waals surface area contributed by atoms with Gasteiger partial charge < -0.3 is 5.73 Å². The van der Waals surface area contributed by atoms with Gasteiger partial charge in [0.15, 0.2) is 0 Å². The molecule has 15 heavy (non-hydrogen) atoms. The number of rotatable bonds is 3. The highest BCUT2D eigenvalue weighted by molar-refractivity contribution is 5.21. The third kappa shape index (κ3) is 2.19. The van der Waals surface area contributed by atoms with Gasteiger partial charge in [0.05, 0.1) is 0 Å². The molecule has 1 fully saturated rings. The molecular weight excluding hydrogens is 191 g/mol. The number of hydrogen-bond acceptors (Lipinski definition) is 2. The summed E-state index contributed by atoms with van der Waals surface area (Å²) in [4.78, 5) is 2.28. The van der Waals surface area contributed by atoms with Crippen molar-refractivity contribution in [3.63, 3.8) is 0 Å². The Hall–Kier alpha value is -0.930. The van der Waals surface area contributed by atoms with Gasteiger partial charge >= 0.3 is 0 Å². The highest BCUT2D eigenvalue weighted by Crippen LogP contribution is 2.25. The fraction of sp³-hybridized carbons (Fsp3) is 0.500. The fourth-order valence-electron chi connectivity index (χ4n) is 2.27. The lowest BCUT2D eigenvalue weighted by Crippen LogP contribution is -2.31. The van der Waals surface area contributed by atoms with Crippen LogP contribution in [0.2, 0.25) is 0 Å². The van der Waals surface area contributed by atoms with Gasteiger partial charge in [-0.05, 0) is 32.0 Å². The molecule has 0 saturated carbocycles. The van der Waals surface area contributed by atoms with E-state index in [9.17, 15) is 4.39 Å². The van der Waals surface area contributed by atoms with Crippen LogP contribution in [0.1, 0.15) is 24.4 Å². The Bertz CT molecular complexity index is 321. The molecule has 0 aliphatic carbocycles. The zero-order valence-corrected chi connectivity index (χ0v) is 8.82. The van der Waals surface area contributed by atoms with Crippen molar-refractivity contribution in [1.29, 1.82) is 0 Å². The summed E-state index contributed by atoms with van der Waals surface area (Å²) in [5, 5.41) is 0. The SMILES string of the molecule is NC[C@H](c1ccccc1F)N1CCCC1. The molecule has 1 aromatic carbocycles. The highest BCUT2D eigenvalue weighted by Gasteiger charge is 2.23. The van der Waals surface area contributed by atoms with Crippen LogP contribution in [0.25, 0.3) is 0 Å². The second-order valence-electron chi connectivity index (χ2n) is 4.02. The van der Waals surface area contributed by atoms with Crippen molar-refractivity contribution < 1.29 is 4.39 Å². The first kappa shape index (κ1) is 10.6. The number of nitrogens with two attached hydrogens (primary N) is 1. The molecule has 2 rings (SSSR count). The van der Waals surface area contributed by atoms with Crippen LogP contribution in [0.4, 0.5) is 4.39 Å². The maximum atomic E-state index is 13.6. The first-order valence-electron chi connectivity index (χ1n) is 5.51. The third-order valence-electron chi connectivity index (χ3n) is 3.07. The van der Waals surface area contributed by atoms with Crippen LogP contribution in [-0.2, 0) is 0 Å². The molecule has 2 N–H and O–H groups in total. The molecule has 1 saturated heterocycles. The van der Waals surface area contributed by atoms with Crippen molar-refractivity contribution in [2.24, 2.45) is 5.73 Å². The molecule has 3 heteroatoms. The Kier molecular flexibility index (Phi) is 3.34. The number of benzene rings is 1. The zero-order valence-electron chi connectivity index (χ0n) is 8.82. The predicted molar refractivity (Wildman–Crippen MR) is 59.0 cm³/mol. The molecule has 0 radical (unpaired) electrons. The molecule has 0 amide bonds. The van der Waals surface area contributed by atoms with Crippen LogP contribution in [0, 0.1) is 5.82 Å². The van der Waals surface area contributed by atoms with Crippen LogP contribution in [0.3, 0.4) is 0 Å². The van der Waals surface area contributed by atoms with Gasteiger partial charge in [-0.15, -0.1) is 0 Å². The van der Waals surface area contributed by atoms with Crippen LogP contribution >= 0.6 is 0 Å². The summed E-state index contributed by atoms with van der Waals surface area (Å²) in [6.45, 7) is 2.56. The van der Waals surface area contributed by atoms with Crippen LogP contribution in [0.5, 0.6) is 0 Å². The maximum absolute atomic E-state index is 13.6. The van der Waals surface area contributed by atoms with Crippen molar-refractivity contribution in [3.8, 4) is 0 Å². The molecule has 1 atom stereocenters. The van der Waals surface area contributed by atoms with E-state index in [0.717, 1.165) is 18.7 Å². The van der Waals surface area contributed by atoms with Crippen molar-refractivity contribution in [3.05, 3.63) is 35.6 Å². The average Bonchev–Trinajstić information content (AvgIpc) is 2.75. The molecule has 0 unspecified atom stereocenters. The van der Waals surface area contributed by atoms with Crippen LogP contribution in [0.15, 0.2) is 24.3 Å². The van der Waals surface area contributed by atoms with Crippen molar-refractivity contribution in [2.75, 3.05) is 19.6 Å². The third-order valence-corrected chi connectivity index (χ3v) is 3.07. The zero-order chi connectivity index (χ0) is 10.7. The first-order valence-corrected chi connectivity index (χ1v) is 5.51. The first-order chi connectivity index (χ1) is 7.33. The molecule has 1 aliphatic heterocycles. The standard InChI is InChI=1S/C12H17FN2/c13-11-6-2-1-5-10(11)12(9-14)15-7-3-4-8-15/h1-2,5-6,12H,3-4,7-9,14H2/t12-/m1/s1. The van der Waals surface area contributed by atoms with Gasteiger partial charge in [0.1, 0.15) is 5.82 Å². The number of hydrogen-bond donors (Lipinski definition) is 1. The highest BCUT2D eigenvalue weighted by atomic mass is 19.1.